The fourth-order valence-corrected chi connectivity index (χ4v) is 7.73. The van der Waals surface area contributed by atoms with Crippen molar-refractivity contribution in [3.05, 3.63) is 97.2 Å². The molecule has 0 heterocycles. The molecule has 4 heteroatoms. The van der Waals surface area contributed by atoms with Crippen LogP contribution in [0.3, 0.4) is 0 Å². The summed E-state index contributed by atoms with van der Waals surface area (Å²) in [5, 5.41) is 23.1. The maximum Gasteiger partial charge on any atom is 0.220 e. The summed E-state index contributed by atoms with van der Waals surface area (Å²) in [6.07, 6.45) is 79.8. The molecular formula is C59H103NO3. The molecule has 0 aliphatic carbocycles. The topological polar surface area (TPSA) is 69.6 Å². The number of amides is 1. The van der Waals surface area contributed by atoms with Crippen LogP contribution >= 0.6 is 0 Å². The Kier molecular flexibility index (Phi) is 51.4. The molecule has 4 nitrogen and oxygen atoms in total. The molecule has 362 valence electrons. The number of rotatable bonds is 48. The first-order valence-corrected chi connectivity index (χ1v) is 27.0. The molecule has 0 saturated carbocycles. The highest BCUT2D eigenvalue weighted by molar-refractivity contribution is 5.76. The van der Waals surface area contributed by atoms with Gasteiger partial charge in [-0.2, -0.15) is 0 Å². The van der Waals surface area contributed by atoms with Gasteiger partial charge in [0.1, 0.15) is 0 Å². The Balaban J connectivity index is 3.59. The molecule has 0 fully saturated rings. The van der Waals surface area contributed by atoms with Gasteiger partial charge < -0.3 is 15.5 Å². The summed E-state index contributed by atoms with van der Waals surface area (Å²) in [5.41, 5.74) is 0. The lowest BCUT2D eigenvalue weighted by Crippen LogP contribution is -2.45. The molecule has 0 aliphatic rings. The minimum atomic E-state index is -0.869. The third-order valence-electron chi connectivity index (χ3n) is 11.8. The first-order chi connectivity index (χ1) is 31.2. The van der Waals surface area contributed by atoms with Crippen LogP contribution < -0.4 is 5.32 Å². The van der Waals surface area contributed by atoms with Crippen LogP contribution in [-0.4, -0.2) is 34.9 Å². The second kappa shape index (κ2) is 53.6. The predicted molar refractivity (Wildman–Crippen MR) is 280 cm³/mol. The largest absolute Gasteiger partial charge is 0.394 e. The van der Waals surface area contributed by atoms with Crippen molar-refractivity contribution in [3.63, 3.8) is 0 Å². The number of unbranched alkanes of at least 4 members (excludes halogenated alkanes) is 27. The smallest absolute Gasteiger partial charge is 0.220 e. The van der Waals surface area contributed by atoms with Gasteiger partial charge in [-0.05, 0) is 83.5 Å². The van der Waals surface area contributed by atoms with Gasteiger partial charge in [-0.1, -0.05) is 259 Å². The van der Waals surface area contributed by atoms with E-state index < -0.39 is 12.1 Å². The number of aliphatic hydroxyl groups is 2. The monoisotopic (exact) mass is 874 g/mol. The van der Waals surface area contributed by atoms with E-state index in [1.165, 1.54) is 161 Å². The Morgan fingerprint density at radius 3 is 1.11 bits per heavy atom. The molecule has 0 radical (unpaired) electrons. The van der Waals surface area contributed by atoms with Crippen LogP contribution in [0.5, 0.6) is 0 Å². The van der Waals surface area contributed by atoms with Crippen molar-refractivity contribution in [2.45, 2.75) is 264 Å². The van der Waals surface area contributed by atoms with Gasteiger partial charge in [0.15, 0.2) is 0 Å². The molecule has 0 aromatic rings. The summed E-state index contributed by atoms with van der Waals surface area (Å²) in [5.74, 6) is -0.0784. The summed E-state index contributed by atoms with van der Waals surface area (Å²) >= 11 is 0. The molecule has 2 unspecified atom stereocenters. The number of nitrogens with one attached hydrogen (secondary N) is 1. The van der Waals surface area contributed by atoms with Crippen molar-refractivity contribution in [1.29, 1.82) is 0 Å². The third kappa shape index (κ3) is 50.2. The standard InChI is InChI=1S/C59H103NO3/c1-3-5-7-9-11-13-15-17-19-21-23-25-26-27-28-29-30-31-32-33-34-35-37-39-41-43-45-47-49-51-53-55-59(63)60-57(56-61)58(62)54-52-50-48-46-44-42-40-38-36-24-22-20-18-16-14-12-10-8-6-4-2/h5,7,11,13,17,19,23,25,27-28,30-31,44,46,52,54,57-58,61-62H,3-4,6,8-10,12,14-16,18,20-22,24,26,29,32-43,45,47-51,53,55-56H2,1-2H3,(H,60,63)/b7-5-,13-11-,19-17-,25-23-,28-27-,31-30-,46-44+,54-52+. The molecule has 1 amide bonds. The van der Waals surface area contributed by atoms with Gasteiger partial charge in [0.25, 0.3) is 0 Å². The van der Waals surface area contributed by atoms with Crippen LogP contribution in [-0.2, 0) is 4.79 Å². The van der Waals surface area contributed by atoms with E-state index in [1.54, 1.807) is 6.08 Å². The van der Waals surface area contributed by atoms with Gasteiger partial charge in [0.05, 0.1) is 18.8 Å². The van der Waals surface area contributed by atoms with Crippen molar-refractivity contribution in [1.82, 2.24) is 5.32 Å². The summed E-state index contributed by atoms with van der Waals surface area (Å²) in [7, 11) is 0. The van der Waals surface area contributed by atoms with Crippen molar-refractivity contribution < 1.29 is 15.0 Å². The number of carbonyl (C=O) groups excluding carboxylic acids is 1. The summed E-state index contributed by atoms with van der Waals surface area (Å²) in [6.45, 7) is 4.19. The van der Waals surface area contributed by atoms with Crippen LogP contribution in [0, 0.1) is 0 Å². The van der Waals surface area contributed by atoms with Gasteiger partial charge >= 0.3 is 0 Å². The van der Waals surface area contributed by atoms with Crippen LogP contribution in [0.15, 0.2) is 97.2 Å². The normalized spacial score (nSPS) is 13.7. The molecule has 0 bridgehead atoms. The fourth-order valence-electron chi connectivity index (χ4n) is 7.73. The fraction of sp³-hybridized carbons (Fsp3) is 0.712. The van der Waals surface area contributed by atoms with E-state index >= 15 is 0 Å². The average Bonchev–Trinajstić information content (AvgIpc) is 3.29. The van der Waals surface area contributed by atoms with Gasteiger partial charge in [-0.15, -0.1) is 0 Å². The molecule has 2 atom stereocenters. The van der Waals surface area contributed by atoms with Crippen molar-refractivity contribution in [2.75, 3.05) is 6.61 Å². The van der Waals surface area contributed by atoms with Crippen molar-refractivity contribution in [3.8, 4) is 0 Å². The highest BCUT2D eigenvalue weighted by Crippen LogP contribution is 2.15. The average molecular weight is 874 g/mol. The second-order valence-electron chi connectivity index (χ2n) is 17.9. The first kappa shape index (κ1) is 60.3. The van der Waals surface area contributed by atoms with Crippen LogP contribution in [0.1, 0.15) is 251 Å². The molecule has 0 rings (SSSR count). The lowest BCUT2D eigenvalue weighted by molar-refractivity contribution is -0.123. The van der Waals surface area contributed by atoms with E-state index in [9.17, 15) is 15.0 Å². The number of hydrogen-bond donors (Lipinski definition) is 3. The summed E-state index contributed by atoms with van der Waals surface area (Å²) < 4.78 is 0. The number of carbonyl (C=O) groups is 1. The lowest BCUT2D eigenvalue weighted by Gasteiger charge is -2.19. The highest BCUT2D eigenvalue weighted by atomic mass is 16.3. The van der Waals surface area contributed by atoms with Crippen LogP contribution in [0.2, 0.25) is 0 Å². The van der Waals surface area contributed by atoms with Gasteiger partial charge in [-0.25, -0.2) is 0 Å². The van der Waals surface area contributed by atoms with E-state index in [2.05, 4.69) is 104 Å². The van der Waals surface area contributed by atoms with Crippen molar-refractivity contribution in [2.24, 2.45) is 0 Å². The van der Waals surface area contributed by atoms with E-state index in [4.69, 9.17) is 0 Å². The number of aliphatic hydroxyl groups excluding tert-OH is 2. The van der Waals surface area contributed by atoms with Crippen LogP contribution in [0.4, 0.5) is 0 Å². The Bertz CT molecular complexity index is 1170. The SMILES string of the molecule is CC/C=C\C/C=C\C/C=C\C/C=C\C/C=C\C/C=C\CCCCCCCCCCCCCCC(=O)NC(CO)C(O)/C=C/CC/C=C/CCCCCCCCCCCCCCCC. The Morgan fingerprint density at radius 2 is 0.714 bits per heavy atom. The lowest BCUT2D eigenvalue weighted by atomic mass is 10.0. The summed E-state index contributed by atoms with van der Waals surface area (Å²) in [6, 6.07) is -0.646. The Morgan fingerprint density at radius 1 is 0.397 bits per heavy atom. The summed E-state index contributed by atoms with van der Waals surface area (Å²) in [4.78, 5) is 12.5. The minimum absolute atomic E-state index is 0.0784. The van der Waals surface area contributed by atoms with E-state index in [0.717, 1.165) is 70.6 Å². The Hall–Kier alpha value is -2.69. The zero-order chi connectivity index (χ0) is 45.6. The molecule has 63 heavy (non-hydrogen) atoms. The maximum absolute atomic E-state index is 12.5. The zero-order valence-corrected chi connectivity index (χ0v) is 41.6. The zero-order valence-electron chi connectivity index (χ0n) is 41.6. The second-order valence-corrected chi connectivity index (χ2v) is 17.9. The third-order valence-corrected chi connectivity index (χ3v) is 11.8. The maximum atomic E-state index is 12.5. The number of allylic oxidation sites excluding steroid dienone is 15. The van der Waals surface area contributed by atoms with E-state index in [0.29, 0.717) is 6.42 Å². The Labute approximate surface area is 392 Å². The van der Waals surface area contributed by atoms with E-state index in [-0.39, 0.29) is 12.5 Å². The van der Waals surface area contributed by atoms with Crippen molar-refractivity contribution >= 4 is 5.91 Å². The van der Waals surface area contributed by atoms with Gasteiger partial charge in [0, 0.05) is 6.42 Å². The predicted octanol–water partition coefficient (Wildman–Crippen LogP) is 17.7. The van der Waals surface area contributed by atoms with Gasteiger partial charge in [-0.3, -0.25) is 4.79 Å². The molecule has 0 spiro atoms. The molecule has 0 aromatic heterocycles. The highest BCUT2D eigenvalue weighted by Gasteiger charge is 2.17. The molecule has 0 aliphatic heterocycles. The molecule has 3 N–H and O–H groups in total. The molecule has 0 saturated heterocycles. The number of hydrogen-bond acceptors (Lipinski definition) is 3. The quantitative estimate of drug-likeness (QED) is 0.0421. The minimum Gasteiger partial charge on any atom is -0.394 e. The molecule has 0 aromatic carbocycles. The van der Waals surface area contributed by atoms with Crippen LogP contribution in [0.25, 0.3) is 0 Å². The van der Waals surface area contributed by atoms with E-state index in [1.807, 2.05) is 6.08 Å². The molecular weight excluding hydrogens is 771 g/mol. The first-order valence-electron chi connectivity index (χ1n) is 27.0. The van der Waals surface area contributed by atoms with Gasteiger partial charge in [0.2, 0.25) is 5.91 Å².